The number of hydrogen-bond donors (Lipinski definition) is 0. The van der Waals surface area contributed by atoms with E-state index in [9.17, 15) is 0 Å². The van der Waals surface area contributed by atoms with Crippen LogP contribution < -0.4 is 0 Å². The second kappa shape index (κ2) is 6.59. The summed E-state index contributed by atoms with van der Waals surface area (Å²) in [4.78, 5) is 0. The number of aryl methyl sites for hydroxylation is 1. The van der Waals surface area contributed by atoms with E-state index in [1.165, 1.54) is 50.1 Å². The Labute approximate surface area is 177 Å². The van der Waals surface area contributed by atoms with Crippen LogP contribution in [0.4, 0.5) is 0 Å². The van der Waals surface area contributed by atoms with E-state index in [0.717, 1.165) is 6.42 Å². The minimum atomic E-state index is -0.0286. The second-order valence-electron chi connectivity index (χ2n) is 10.5. The van der Waals surface area contributed by atoms with Gasteiger partial charge in [0.15, 0.2) is 0 Å². The maximum Gasteiger partial charge on any atom is 0.0210 e. The summed E-state index contributed by atoms with van der Waals surface area (Å²) in [5.41, 5.74) is 13.2. The molecule has 0 saturated heterocycles. The van der Waals surface area contributed by atoms with Crippen molar-refractivity contribution in [2.75, 3.05) is 0 Å². The molecule has 2 aromatic carbocycles. The Morgan fingerprint density at radius 2 is 1.52 bits per heavy atom. The van der Waals surface area contributed by atoms with Gasteiger partial charge in [-0.1, -0.05) is 77.1 Å². The Hall–Kier alpha value is -2.34. The predicted molar refractivity (Wildman–Crippen MR) is 127 cm³/mol. The molecule has 150 valence electrons. The first-order valence-electron chi connectivity index (χ1n) is 10.8. The second-order valence-corrected chi connectivity index (χ2v) is 10.5. The monoisotopic (exact) mass is 382 g/mol. The highest BCUT2D eigenvalue weighted by Gasteiger charge is 2.31. The lowest BCUT2D eigenvalue weighted by molar-refractivity contribution is 0.584. The number of hydrogen-bond acceptors (Lipinski definition) is 0. The van der Waals surface area contributed by atoms with Crippen molar-refractivity contribution in [3.8, 4) is 11.1 Å². The molecule has 2 aliphatic rings. The highest BCUT2D eigenvalue weighted by Crippen LogP contribution is 2.47. The van der Waals surface area contributed by atoms with Crippen LogP contribution in [0.15, 0.2) is 55.2 Å². The van der Waals surface area contributed by atoms with Crippen LogP contribution in [0.5, 0.6) is 0 Å². The van der Waals surface area contributed by atoms with Gasteiger partial charge in [0.1, 0.15) is 0 Å². The standard InChI is InChI=1S/C29H34/c1-9-29(7,8)25-16-22-21(14-18(25)2)15-24-23(22)17-26(28(4,5)6)19(3)27(24)20-12-10-11-13-20/h9-14,16-17,20H,1,15H2,2-8H3. The molecule has 0 saturated carbocycles. The Balaban J connectivity index is 2.02. The molecule has 0 nitrogen and oxygen atoms in total. The zero-order valence-electron chi connectivity index (χ0n) is 19.1. The van der Waals surface area contributed by atoms with E-state index in [-0.39, 0.29) is 10.8 Å². The van der Waals surface area contributed by atoms with Crippen LogP contribution in [0.3, 0.4) is 0 Å². The lowest BCUT2D eigenvalue weighted by Crippen LogP contribution is -2.16. The Kier molecular flexibility index (Phi) is 4.53. The molecule has 0 spiro atoms. The quantitative estimate of drug-likeness (QED) is 0.405. The van der Waals surface area contributed by atoms with Crippen LogP contribution >= 0.6 is 0 Å². The van der Waals surface area contributed by atoms with Gasteiger partial charge in [0.2, 0.25) is 0 Å². The Morgan fingerprint density at radius 3 is 2.10 bits per heavy atom. The van der Waals surface area contributed by atoms with Gasteiger partial charge < -0.3 is 0 Å². The molecule has 0 unspecified atom stereocenters. The SMILES string of the molecule is C=CC(C)(C)c1cc2c(cc1C)Cc1c-2cc(C(C)(C)C)c(C)c1C1C=CC=C1. The van der Waals surface area contributed by atoms with Gasteiger partial charge in [-0.05, 0) is 81.8 Å². The van der Waals surface area contributed by atoms with Gasteiger partial charge in [-0.3, -0.25) is 0 Å². The van der Waals surface area contributed by atoms with E-state index in [2.05, 4.69) is 104 Å². The zero-order chi connectivity index (χ0) is 21.1. The highest BCUT2D eigenvalue weighted by atomic mass is 14.4. The van der Waals surface area contributed by atoms with Crippen molar-refractivity contribution in [1.82, 2.24) is 0 Å². The number of allylic oxidation sites excluding steroid dienone is 5. The normalized spacial score (nSPS) is 15.7. The fourth-order valence-electron chi connectivity index (χ4n) is 5.30. The number of fused-ring (bicyclic) bond motifs is 3. The van der Waals surface area contributed by atoms with Crippen molar-refractivity contribution in [3.05, 3.63) is 94.1 Å². The lowest BCUT2D eigenvalue weighted by Gasteiger charge is -2.28. The first kappa shape index (κ1) is 20.0. The van der Waals surface area contributed by atoms with Crippen molar-refractivity contribution in [2.24, 2.45) is 0 Å². The summed E-state index contributed by atoms with van der Waals surface area (Å²) in [6.45, 7) is 20.2. The summed E-state index contributed by atoms with van der Waals surface area (Å²) in [5, 5.41) is 0. The molecule has 0 aliphatic heterocycles. The van der Waals surface area contributed by atoms with Gasteiger partial charge in [0.25, 0.3) is 0 Å². The first-order chi connectivity index (χ1) is 13.5. The van der Waals surface area contributed by atoms with E-state index in [1.807, 2.05) is 0 Å². The molecule has 2 aromatic rings. The molecule has 29 heavy (non-hydrogen) atoms. The van der Waals surface area contributed by atoms with Crippen LogP contribution in [0.1, 0.15) is 79.5 Å². The molecule has 4 rings (SSSR count). The van der Waals surface area contributed by atoms with Crippen LogP contribution in [-0.2, 0) is 17.3 Å². The van der Waals surface area contributed by atoms with Crippen LogP contribution in [-0.4, -0.2) is 0 Å². The van der Waals surface area contributed by atoms with Gasteiger partial charge in [0.05, 0.1) is 0 Å². The molecule has 0 amide bonds. The molecule has 0 N–H and O–H groups in total. The van der Waals surface area contributed by atoms with E-state index in [0.29, 0.717) is 5.92 Å². The number of benzene rings is 2. The minimum absolute atomic E-state index is 0.0286. The maximum atomic E-state index is 4.10. The van der Waals surface area contributed by atoms with E-state index >= 15 is 0 Å². The molecule has 0 bridgehead atoms. The van der Waals surface area contributed by atoms with E-state index in [4.69, 9.17) is 0 Å². The fourth-order valence-corrected chi connectivity index (χ4v) is 5.30. The molecule has 0 atom stereocenters. The average molecular weight is 383 g/mol. The Bertz CT molecular complexity index is 1050. The maximum absolute atomic E-state index is 4.10. The van der Waals surface area contributed by atoms with E-state index < -0.39 is 0 Å². The molecule has 0 aromatic heterocycles. The van der Waals surface area contributed by atoms with Gasteiger partial charge in [-0.25, -0.2) is 0 Å². The third-order valence-corrected chi connectivity index (χ3v) is 6.95. The largest absolute Gasteiger partial charge is 0.102 e. The Morgan fingerprint density at radius 1 is 0.897 bits per heavy atom. The van der Waals surface area contributed by atoms with Crippen LogP contribution in [0.2, 0.25) is 0 Å². The minimum Gasteiger partial charge on any atom is -0.102 e. The lowest BCUT2D eigenvalue weighted by atomic mass is 9.77. The van der Waals surface area contributed by atoms with E-state index in [1.54, 1.807) is 0 Å². The molecule has 0 heterocycles. The molecule has 2 aliphatic carbocycles. The third-order valence-electron chi connectivity index (χ3n) is 6.95. The predicted octanol–water partition coefficient (Wildman–Crippen LogP) is 7.85. The fraction of sp³-hybridized carbons (Fsp3) is 0.379. The smallest absolute Gasteiger partial charge is 0.0210 e. The van der Waals surface area contributed by atoms with Crippen molar-refractivity contribution in [3.63, 3.8) is 0 Å². The summed E-state index contributed by atoms with van der Waals surface area (Å²) in [6, 6.07) is 7.36. The first-order valence-corrected chi connectivity index (χ1v) is 10.8. The summed E-state index contributed by atoms with van der Waals surface area (Å²) in [6.07, 6.45) is 12.2. The van der Waals surface area contributed by atoms with Crippen molar-refractivity contribution < 1.29 is 0 Å². The molecule has 0 heteroatoms. The highest BCUT2D eigenvalue weighted by molar-refractivity contribution is 5.81. The summed E-state index contributed by atoms with van der Waals surface area (Å²) in [5.74, 6) is 0.394. The van der Waals surface area contributed by atoms with Gasteiger partial charge in [0, 0.05) is 11.3 Å². The molecular weight excluding hydrogens is 348 g/mol. The average Bonchev–Trinajstić information content (AvgIpc) is 3.26. The van der Waals surface area contributed by atoms with Crippen molar-refractivity contribution in [1.29, 1.82) is 0 Å². The summed E-state index contributed by atoms with van der Waals surface area (Å²) < 4.78 is 0. The molecule has 0 radical (unpaired) electrons. The van der Waals surface area contributed by atoms with Gasteiger partial charge in [-0.2, -0.15) is 0 Å². The molecule has 0 fully saturated rings. The van der Waals surface area contributed by atoms with Gasteiger partial charge >= 0.3 is 0 Å². The van der Waals surface area contributed by atoms with Crippen LogP contribution in [0.25, 0.3) is 11.1 Å². The van der Waals surface area contributed by atoms with Crippen LogP contribution in [0, 0.1) is 13.8 Å². The summed E-state index contributed by atoms with van der Waals surface area (Å²) >= 11 is 0. The summed E-state index contributed by atoms with van der Waals surface area (Å²) in [7, 11) is 0. The van der Waals surface area contributed by atoms with Crippen molar-refractivity contribution in [2.45, 2.75) is 71.6 Å². The third kappa shape index (κ3) is 3.14. The van der Waals surface area contributed by atoms with Crippen molar-refractivity contribution >= 4 is 0 Å². The number of rotatable bonds is 3. The topological polar surface area (TPSA) is 0 Å². The van der Waals surface area contributed by atoms with Gasteiger partial charge in [-0.15, -0.1) is 6.58 Å². The molecular formula is C29H34. The zero-order valence-corrected chi connectivity index (χ0v) is 19.1.